The third-order valence-electron chi connectivity index (χ3n) is 3.22. The van der Waals surface area contributed by atoms with Crippen molar-refractivity contribution in [3.8, 4) is 0 Å². The Morgan fingerprint density at radius 1 is 1.21 bits per heavy atom. The Morgan fingerprint density at radius 2 is 1.96 bits per heavy atom. The van der Waals surface area contributed by atoms with Crippen molar-refractivity contribution >= 4 is 29.9 Å². The molecule has 0 aliphatic rings. The molecule has 1 aromatic carbocycles. The summed E-state index contributed by atoms with van der Waals surface area (Å²) in [5.41, 5.74) is 1.22. The van der Waals surface area contributed by atoms with Crippen molar-refractivity contribution in [3.05, 3.63) is 35.9 Å². The maximum atomic E-state index is 5.67. The largest absolute Gasteiger partial charge is 0.383 e. The maximum absolute atomic E-state index is 5.67. The van der Waals surface area contributed by atoms with E-state index in [1.807, 2.05) is 18.2 Å². The molecule has 0 aliphatic heterocycles. The summed E-state index contributed by atoms with van der Waals surface area (Å²) in [6.45, 7) is 7.91. The summed E-state index contributed by atoms with van der Waals surface area (Å²) in [6.07, 6.45) is 2.04. The zero-order chi connectivity index (χ0) is 16.8. The molecule has 0 saturated carbocycles. The van der Waals surface area contributed by atoms with Crippen molar-refractivity contribution in [2.75, 3.05) is 33.4 Å². The number of nitrogens with zero attached hydrogens (tertiary/aromatic N) is 1. The van der Waals surface area contributed by atoms with E-state index < -0.39 is 0 Å². The molecule has 1 atom stereocenters. The number of hydrogen-bond donors (Lipinski definition) is 2. The van der Waals surface area contributed by atoms with Crippen LogP contribution < -0.4 is 10.6 Å². The second-order valence-corrected chi connectivity index (χ2v) is 5.51. The van der Waals surface area contributed by atoms with Crippen LogP contribution in [0.4, 0.5) is 0 Å². The molecule has 0 saturated heterocycles. The fraction of sp³-hybridized carbons (Fsp3) is 0.611. The van der Waals surface area contributed by atoms with E-state index in [1.165, 1.54) is 5.56 Å². The summed E-state index contributed by atoms with van der Waals surface area (Å²) in [6, 6.07) is 10.5. The second-order valence-electron chi connectivity index (χ2n) is 5.51. The topological polar surface area (TPSA) is 54.9 Å². The Morgan fingerprint density at radius 3 is 2.62 bits per heavy atom. The number of hydrogen-bond acceptors (Lipinski definition) is 3. The van der Waals surface area contributed by atoms with Gasteiger partial charge in [-0.3, -0.25) is 4.99 Å². The van der Waals surface area contributed by atoms with Crippen molar-refractivity contribution in [3.63, 3.8) is 0 Å². The second kappa shape index (κ2) is 15.7. The first-order chi connectivity index (χ1) is 11.3. The third kappa shape index (κ3) is 11.6. The number of benzene rings is 1. The van der Waals surface area contributed by atoms with Crippen LogP contribution in [0.15, 0.2) is 35.3 Å². The summed E-state index contributed by atoms with van der Waals surface area (Å²) >= 11 is 0. The summed E-state index contributed by atoms with van der Waals surface area (Å²) < 4.78 is 10.8. The molecule has 0 heterocycles. The van der Waals surface area contributed by atoms with Gasteiger partial charge >= 0.3 is 0 Å². The monoisotopic (exact) mass is 449 g/mol. The Balaban J connectivity index is 0.00000529. The van der Waals surface area contributed by atoms with Gasteiger partial charge in [-0.2, -0.15) is 0 Å². The SMILES string of the molecule is CCNC(=NCCCCOCc1ccccc1)NC(C)COC.I. The summed E-state index contributed by atoms with van der Waals surface area (Å²) in [7, 11) is 1.71. The molecule has 24 heavy (non-hydrogen) atoms. The van der Waals surface area contributed by atoms with Gasteiger partial charge in [-0.25, -0.2) is 0 Å². The molecule has 0 spiro atoms. The van der Waals surface area contributed by atoms with Gasteiger partial charge in [0.05, 0.1) is 13.2 Å². The van der Waals surface area contributed by atoms with Gasteiger partial charge in [0.15, 0.2) is 5.96 Å². The first-order valence-electron chi connectivity index (χ1n) is 8.41. The summed E-state index contributed by atoms with van der Waals surface area (Å²) in [5.74, 6) is 0.849. The fourth-order valence-electron chi connectivity index (χ4n) is 2.12. The van der Waals surface area contributed by atoms with Crippen molar-refractivity contribution in [2.45, 2.75) is 39.3 Å². The number of rotatable bonds is 11. The van der Waals surface area contributed by atoms with Crippen LogP contribution in [0.25, 0.3) is 0 Å². The van der Waals surface area contributed by atoms with E-state index in [9.17, 15) is 0 Å². The smallest absolute Gasteiger partial charge is 0.191 e. The summed E-state index contributed by atoms with van der Waals surface area (Å²) in [5, 5.41) is 6.57. The molecule has 0 amide bonds. The first-order valence-corrected chi connectivity index (χ1v) is 8.41. The van der Waals surface area contributed by atoms with Gasteiger partial charge in [-0.15, -0.1) is 24.0 Å². The Hall–Kier alpha value is -0.860. The minimum absolute atomic E-state index is 0. The van der Waals surface area contributed by atoms with Crippen LogP contribution in [-0.2, 0) is 16.1 Å². The predicted octanol–water partition coefficient (Wildman–Crippen LogP) is 3.19. The average molecular weight is 449 g/mol. The molecule has 0 fully saturated rings. The van der Waals surface area contributed by atoms with Crippen molar-refractivity contribution < 1.29 is 9.47 Å². The number of guanidine groups is 1. The number of halogens is 1. The Labute approximate surface area is 163 Å². The van der Waals surface area contributed by atoms with Gasteiger partial charge in [-0.05, 0) is 32.3 Å². The lowest BCUT2D eigenvalue weighted by Crippen LogP contribution is -2.44. The standard InChI is InChI=1S/C18H31N3O2.HI/c1-4-19-18(21-16(2)14-22-3)20-12-8-9-13-23-15-17-10-6-5-7-11-17;/h5-7,10-11,16H,4,8-9,12-15H2,1-3H3,(H2,19,20,21);1H. The van der Waals surface area contributed by atoms with Crippen LogP contribution >= 0.6 is 24.0 Å². The van der Waals surface area contributed by atoms with Crippen LogP contribution in [0.3, 0.4) is 0 Å². The van der Waals surface area contributed by atoms with Crippen molar-refractivity contribution in [1.82, 2.24) is 10.6 Å². The number of aliphatic imine (C=N–C) groups is 1. The number of methoxy groups -OCH3 is 1. The van der Waals surface area contributed by atoms with Crippen molar-refractivity contribution in [1.29, 1.82) is 0 Å². The molecule has 5 nitrogen and oxygen atoms in total. The maximum Gasteiger partial charge on any atom is 0.191 e. The highest BCUT2D eigenvalue weighted by Crippen LogP contribution is 2.01. The molecular weight excluding hydrogens is 417 g/mol. The minimum Gasteiger partial charge on any atom is -0.383 e. The van der Waals surface area contributed by atoms with Crippen LogP contribution in [0.5, 0.6) is 0 Å². The van der Waals surface area contributed by atoms with Crippen LogP contribution in [-0.4, -0.2) is 45.4 Å². The lowest BCUT2D eigenvalue weighted by atomic mass is 10.2. The van der Waals surface area contributed by atoms with E-state index in [0.717, 1.165) is 38.5 Å². The minimum atomic E-state index is 0. The van der Waals surface area contributed by atoms with Gasteiger partial charge in [0.2, 0.25) is 0 Å². The average Bonchev–Trinajstić information content (AvgIpc) is 2.55. The molecule has 0 bridgehead atoms. The quantitative estimate of drug-likeness (QED) is 0.236. The van der Waals surface area contributed by atoms with E-state index in [-0.39, 0.29) is 30.0 Å². The Bertz CT molecular complexity index is 430. The number of nitrogens with one attached hydrogen (secondary N) is 2. The lowest BCUT2D eigenvalue weighted by Gasteiger charge is -2.16. The highest BCUT2D eigenvalue weighted by atomic mass is 127. The zero-order valence-corrected chi connectivity index (χ0v) is 17.4. The predicted molar refractivity (Wildman–Crippen MR) is 111 cm³/mol. The van der Waals surface area contributed by atoms with E-state index in [0.29, 0.717) is 13.2 Å². The van der Waals surface area contributed by atoms with E-state index >= 15 is 0 Å². The molecule has 1 aromatic rings. The van der Waals surface area contributed by atoms with Gasteiger partial charge in [0, 0.05) is 32.8 Å². The summed E-state index contributed by atoms with van der Waals surface area (Å²) in [4.78, 5) is 4.57. The van der Waals surface area contributed by atoms with Crippen LogP contribution in [0.1, 0.15) is 32.3 Å². The molecular formula is C18H32IN3O2. The Kier molecular flexibility index (Phi) is 15.1. The zero-order valence-electron chi connectivity index (χ0n) is 15.1. The lowest BCUT2D eigenvalue weighted by molar-refractivity contribution is 0.117. The van der Waals surface area contributed by atoms with E-state index in [2.05, 4.69) is 41.6 Å². The molecule has 138 valence electrons. The third-order valence-corrected chi connectivity index (χ3v) is 3.22. The van der Waals surface area contributed by atoms with Crippen molar-refractivity contribution in [2.24, 2.45) is 4.99 Å². The van der Waals surface area contributed by atoms with Gasteiger partial charge in [0.25, 0.3) is 0 Å². The van der Waals surface area contributed by atoms with Gasteiger partial charge < -0.3 is 20.1 Å². The molecule has 0 aliphatic carbocycles. The van der Waals surface area contributed by atoms with Gasteiger partial charge in [-0.1, -0.05) is 30.3 Å². The molecule has 0 aromatic heterocycles. The molecule has 1 unspecified atom stereocenters. The highest BCUT2D eigenvalue weighted by Gasteiger charge is 2.03. The molecule has 6 heteroatoms. The fourth-order valence-corrected chi connectivity index (χ4v) is 2.12. The van der Waals surface area contributed by atoms with Crippen LogP contribution in [0.2, 0.25) is 0 Å². The van der Waals surface area contributed by atoms with E-state index in [4.69, 9.17) is 9.47 Å². The first kappa shape index (κ1) is 23.1. The molecule has 0 radical (unpaired) electrons. The number of ether oxygens (including phenoxy) is 2. The molecule has 1 rings (SSSR count). The van der Waals surface area contributed by atoms with E-state index in [1.54, 1.807) is 7.11 Å². The highest BCUT2D eigenvalue weighted by molar-refractivity contribution is 14.0. The molecule has 2 N–H and O–H groups in total. The van der Waals surface area contributed by atoms with Crippen LogP contribution in [0, 0.1) is 0 Å². The normalized spacial score (nSPS) is 12.4. The van der Waals surface area contributed by atoms with Gasteiger partial charge in [0.1, 0.15) is 0 Å². The number of unbranched alkanes of at least 4 members (excludes halogenated alkanes) is 1.